The van der Waals surface area contributed by atoms with E-state index < -0.39 is 0 Å². The van der Waals surface area contributed by atoms with Gasteiger partial charge in [-0.15, -0.1) is 45.3 Å². The molecule has 4 aromatic heterocycles. The van der Waals surface area contributed by atoms with Crippen LogP contribution in [0.3, 0.4) is 0 Å². The number of carbonyl (C=O) groups is 2. The van der Waals surface area contributed by atoms with E-state index in [1.807, 2.05) is 22.7 Å². The van der Waals surface area contributed by atoms with Crippen molar-refractivity contribution in [2.24, 2.45) is 0 Å². The molecule has 6 rings (SSSR count). The lowest BCUT2D eigenvalue weighted by Crippen LogP contribution is -2.15. The first-order chi connectivity index (χ1) is 24.7. The van der Waals surface area contributed by atoms with E-state index in [1.165, 1.54) is 157 Å². The van der Waals surface area contributed by atoms with Crippen LogP contribution in [-0.4, -0.2) is 11.6 Å². The van der Waals surface area contributed by atoms with Crippen LogP contribution < -0.4 is 0 Å². The molecule has 0 N–H and O–H groups in total. The number of thiophene rings is 4. The Morgan fingerprint density at radius 1 is 0.460 bits per heavy atom. The van der Waals surface area contributed by atoms with Crippen molar-refractivity contribution in [3.05, 3.63) is 77.8 Å². The van der Waals surface area contributed by atoms with E-state index in [0.717, 1.165) is 12.8 Å². The molecule has 0 fully saturated rings. The van der Waals surface area contributed by atoms with Gasteiger partial charge in [0.2, 0.25) is 11.6 Å². The fourth-order valence-electron chi connectivity index (χ4n) is 6.46. The average molecular weight is 739 g/mol. The van der Waals surface area contributed by atoms with E-state index in [1.54, 1.807) is 22.9 Å². The number of unbranched alkanes of at least 4 members (excludes halogenated alkanes) is 16. The van der Waals surface area contributed by atoms with Gasteiger partial charge in [0, 0.05) is 34.7 Å². The van der Waals surface area contributed by atoms with Crippen LogP contribution in [0.15, 0.2) is 45.8 Å². The van der Waals surface area contributed by atoms with Crippen molar-refractivity contribution in [2.45, 2.75) is 129 Å². The predicted octanol–water partition coefficient (Wildman–Crippen LogP) is 14.5. The normalized spacial score (nSPS) is 11.8. The van der Waals surface area contributed by atoms with Gasteiger partial charge in [0.15, 0.2) is 0 Å². The molecule has 4 heterocycles. The first-order valence-corrected chi connectivity index (χ1v) is 22.3. The summed E-state index contributed by atoms with van der Waals surface area (Å²) in [6, 6.07) is 7.96. The van der Waals surface area contributed by atoms with Crippen LogP contribution in [0.4, 0.5) is 0 Å². The van der Waals surface area contributed by atoms with E-state index in [9.17, 15) is 9.59 Å². The van der Waals surface area contributed by atoms with Gasteiger partial charge in [-0.2, -0.15) is 0 Å². The minimum Gasteiger partial charge on any atom is -0.288 e. The van der Waals surface area contributed by atoms with Crippen molar-refractivity contribution in [1.29, 1.82) is 0 Å². The molecule has 6 heteroatoms. The third kappa shape index (κ3) is 10.1. The Morgan fingerprint density at radius 3 is 1.22 bits per heavy atom. The van der Waals surface area contributed by atoms with E-state index >= 15 is 0 Å². The molecule has 0 radical (unpaired) electrons. The highest BCUT2D eigenvalue weighted by Gasteiger charge is 2.31. The molecule has 0 saturated heterocycles. The third-order valence-electron chi connectivity index (χ3n) is 9.29. The van der Waals surface area contributed by atoms with Crippen LogP contribution in [0.5, 0.6) is 0 Å². The molecular weight excluding hydrogens is 689 g/mol. The highest BCUT2D eigenvalue weighted by atomic mass is 32.1. The molecule has 50 heavy (non-hydrogen) atoms. The highest BCUT2D eigenvalue weighted by Crippen LogP contribution is 2.38. The van der Waals surface area contributed by atoms with Crippen LogP contribution in [-0.2, 0) is 0 Å². The summed E-state index contributed by atoms with van der Waals surface area (Å²) in [5.74, 6) is 14.2. The summed E-state index contributed by atoms with van der Waals surface area (Å²) >= 11 is 6.32. The Bertz CT molecular complexity index is 1730. The van der Waals surface area contributed by atoms with Crippen molar-refractivity contribution < 1.29 is 9.59 Å². The number of hydrogen-bond donors (Lipinski definition) is 0. The van der Waals surface area contributed by atoms with E-state index in [0.29, 0.717) is 20.9 Å². The molecule has 1 aliphatic rings. The smallest absolute Gasteiger partial charge is 0.205 e. The van der Waals surface area contributed by atoms with Gasteiger partial charge in [-0.05, 0) is 58.6 Å². The van der Waals surface area contributed by atoms with E-state index in [2.05, 4.69) is 60.4 Å². The molecule has 0 unspecified atom stereocenters. The molecule has 0 saturated carbocycles. The van der Waals surface area contributed by atoms with Gasteiger partial charge in [-0.1, -0.05) is 127 Å². The van der Waals surface area contributed by atoms with Crippen LogP contribution in [0, 0.1) is 23.7 Å². The Morgan fingerprint density at radius 2 is 0.820 bits per heavy atom. The fraction of sp³-hybridized carbons (Fsp3) is 0.455. The summed E-state index contributed by atoms with van der Waals surface area (Å²) in [5, 5.41) is 10.6. The number of benzene rings is 1. The summed E-state index contributed by atoms with van der Waals surface area (Å²) < 4.78 is 2.64. The summed E-state index contributed by atoms with van der Waals surface area (Å²) in [6.07, 6.45) is 23.7. The molecule has 1 aliphatic carbocycles. The van der Waals surface area contributed by atoms with Crippen LogP contribution in [0.2, 0.25) is 0 Å². The maximum atomic E-state index is 11.8. The van der Waals surface area contributed by atoms with E-state index in [-0.39, 0.29) is 11.6 Å². The molecule has 0 bridgehead atoms. The van der Waals surface area contributed by atoms with Crippen molar-refractivity contribution in [3.8, 4) is 23.7 Å². The fourth-order valence-corrected chi connectivity index (χ4v) is 9.98. The topological polar surface area (TPSA) is 34.1 Å². The lowest BCUT2D eigenvalue weighted by Gasteiger charge is -2.08. The second-order valence-electron chi connectivity index (χ2n) is 13.1. The summed E-state index contributed by atoms with van der Waals surface area (Å²) in [7, 11) is 0. The van der Waals surface area contributed by atoms with Crippen molar-refractivity contribution in [1.82, 2.24) is 0 Å². The number of carbonyl (C=O) groups excluding carboxylic acids is 2. The zero-order chi connectivity index (χ0) is 35.0. The average Bonchev–Trinajstić information content (AvgIpc) is 3.96. The first-order valence-electron chi connectivity index (χ1n) is 18.8. The van der Waals surface area contributed by atoms with Crippen LogP contribution in [0.25, 0.3) is 20.2 Å². The minimum absolute atomic E-state index is 0.00847. The summed E-state index contributed by atoms with van der Waals surface area (Å²) in [6.45, 7) is 4.57. The Hall–Kier alpha value is -3.00. The molecule has 0 aliphatic heterocycles. The third-order valence-corrected chi connectivity index (χ3v) is 13.0. The number of fused-ring (bicyclic) bond motifs is 4. The van der Waals surface area contributed by atoms with Gasteiger partial charge in [-0.3, -0.25) is 9.59 Å². The molecule has 262 valence electrons. The largest absolute Gasteiger partial charge is 0.288 e. The lowest BCUT2D eigenvalue weighted by atomic mass is 9.96. The van der Waals surface area contributed by atoms with Crippen molar-refractivity contribution in [3.63, 3.8) is 0 Å². The second kappa shape index (κ2) is 20.8. The quantitative estimate of drug-likeness (QED) is 0.0732. The number of rotatable bonds is 16. The molecule has 2 nitrogen and oxygen atoms in total. The minimum atomic E-state index is -0.00847. The van der Waals surface area contributed by atoms with E-state index in [4.69, 9.17) is 0 Å². The van der Waals surface area contributed by atoms with Gasteiger partial charge in [0.05, 0.1) is 30.3 Å². The van der Waals surface area contributed by atoms with Gasteiger partial charge < -0.3 is 0 Å². The zero-order valence-electron chi connectivity index (χ0n) is 29.8. The van der Waals surface area contributed by atoms with Crippen molar-refractivity contribution in [2.75, 3.05) is 0 Å². The molecule has 0 atom stereocenters. The summed E-state index contributed by atoms with van der Waals surface area (Å²) in [5.41, 5.74) is 3.58. The molecular formula is C44H50O2S4. The maximum Gasteiger partial charge on any atom is 0.205 e. The number of hydrogen-bond acceptors (Lipinski definition) is 6. The Labute approximate surface area is 315 Å². The van der Waals surface area contributed by atoms with Gasteiger partial charge >= 0.3 is 0 Å². The molecule has 5 aromatic rings. The summed E-state index contributed by atoms with van der Waals surface area (Å²) in [4.78, 5) is 24.8. The first kappa shape index (κ1) is 38.2. The van der Waals surface area contributed by atoms with Gasteiger partial charge in [0.1, 0.15) is 0 Å². The highest BCUT2D eigenvalue weighted by molar-refractivity contribution is 7.19. The SMILES string of the molecule is CCCCCCCCCCC#Cc1c2ccsc2c(C#CCCCCCCCCCC)c2ccsc12.O=C1c2ccsc2C(=O)c2ccsc21. The zero-order valence-corrected chi connectivity index (χ0v) is 33.1. The maximum absolute atomic E-state index is 11.8. The van der Waals surface area contributed by atoms with Gasteiger partial charge in [0.25, 0.3) is 0 Å². The molecule has 1 aromatic carbocycles. The van der Waals surface area contributed by atoms with Crippen LogP contribution >= 0.6 is 45.3 Å². The van der Waals surface area contributed by atoms with Crippen LogP contribution in [0.1, 0.15) is 171 Å². The standard InChI is InChI=1S/C34H46S2.C10H4O2S2/c1-3-5-7-9-11-13-15-17-19-21-23-29-31-25-27-36-34(31)30(32-26-28-35-33(29)32)24-22-20-18-16-14-12-10-8-6-4-2;11-7-5-1-3-13-9(5)8(12)6-2-4-14-10(6)7/h25-28H,3-20H2,1-2H3;1-4H. The predicted molar refractivity (Wildman–Crippen MR) is 221 cm³/mol. The van der Waals surface area contributed by atoms with Crippen molar-refractivity contribution >= 4 is 77.1 Å². The Balaban J connectivity index is 0.000000284. The molecule has 0 spiro atoms. The second-order valence-corrected chi connectivity index (χ2v) is 16.8. The monoisotopic (exact) mass is 738 g/mol. The Kier molecular flexibility index (Phi) is 15.9. The molecule has 0 amide bonds. The number of ketones is 2. The van der Waals surface area contributed by atoms with Gasteiger partial charge in [-0.25, -0.2) is 0 Å². The lowest BCUT2D eigenvalue weighted by molar-refractivity contribution is 0.0986.